The van der Waals surface area contributed by atoms with Gasteiger partial charge in [-0.15, -0.1) is 0 Å². The maximum Gasteiger partial charge on any atom is 0.253 e. The Morgan fingerprint density at radius 1 is 1.13 bits per heavy atom. The van der Waals surface area contributed by atoms with E-state index in [1.165, 1.54) is 12.3 Å². The molecule has 1 N–H and O–H groups in total. The van der Waals surface area contributed by atoms with Crippen LogP contribution in [0.25, 0.3) is 10.8 Å². The Bertz CT molecular complexity index is 875. The monoisotopic (exact) mass is 344 g/mol. The molecule has 1 heterocycles. The van der Waals surface area contributed by atoms with E-state index in [2.05, 4.69) is 22.4 Å². The lowest BCUT2D eigenvalue weighted by molar-refractivity contribution is 0.0940. The highest BCUT2D eigenvalue weighted by atomic mass is 35.5. The van der Waals surface area contributed by atoms with Crippen molar-refractivity contribution >= 4 is 39.9 Å². The van der Waals surface area contributed by atoms with Crippen LogP contribution in [0.3, 0.4) is 0 Å². The van der Waals surface area contributed by atoms with Gasteiger partial charge in [0, 0.05) is 6.20 Å². The van der Waals surface area contributed by atoms with Crippen molar-refractivity contribution in [1.29, 1.82) is 0 Å². The van der Waals surface area contributed by atoms with Crippen molar-refractivity contribution in [1.82, 2.24) is 10.3 Å². The Morgan fingerprint density at radius 2 is 1.87 bits per heavy atom. The number of hydrogen-bond donors (Lipinski definition) is 1. The second-order valence-corrected chi connectivity index (χ2v) is 6.03. The summed E-state index contributed by atoms with van der Waals surface area (Å²) >= 11 is 11.7. The summed E-state index contributed by atoms with van der Waals surface area (Å²) in [5.74, 6) is -0.239. The third-order valence-corrected chi connectivity index (χ3v) is 4.38. The van der Waals surface area contributed by atoms with Crippen LogP contribution in [0.2, 0.25) is 10.2 Å². The van der Waals surface area contributed by atoms with Gasteiger partial charge in [-0.3, -0.25) is 4.79 Å². The van der Waals surface area contributed by atoms with Crippen molar-refractivity contribution in [3.8, 4) is 0 Å². The largest absolute Gasteiger partial charge is 0.345 e. The molecule has 0 aliphatic rings. The van der Waals surface area contributed by atoms with Gasteiger partial charge >= 0.3 is 0 Å². The first-order chi connectivity index (χ1) is 11.1. The molecule has 1 amide bonds. The molecule has 2 aromatic carbocycles. The van der Waals surface area contributed by atoms with Crippen LogP contribution in [-0.2, 0) is 0 Å². The van der Waals surface area contributed by atoms with Crippen LogP contribution in [0.15, 0.2) is 54.7 Å². The molecular formula is C18H14Cl2N2O. The predicted molar refractivity (Wildman–Crippen MR) is 94.1 cm³/mol. The number of rotatable bonds is 3. The van der Waals surface area contributed by atoms with E-state index in [-0.39, 0.29) is 22.1 Å². The van der Waals surface area contributed by atoms with Gasteiger partial charge < -0.3 is 5.32 Å². The maximum atomic E-state index is 12.4. The third kappa shape index (κ3) is 3.31. The SMILES string of the molecule is CC(NC(=O)c1cnc(Cl)c(Cl)c1)c1cccc2ccccc12. The van der Waals surface area contributed by atoms with Crippen molar-refractivity contribution < 1.29 is 4.79 Å². The summed E-state index contributed by atoms with van der Waals surface area (Å²) in [6.45, 7) is 1.95. The predicted octanol–water partition coefficient (Wildman–Crippen LogP) is 5.03. The van der Waals surface area contributed by atoms with Gasteiger partial charge in [0.15, 0.2) is 0 Å². The van der Waals surface area contributed by atoms with Crippen molar-refractivity contribution in [2.45, 2.75) is 13.0 Å². The Labute approximate surface area is 144 Å². The van der Waals surface area contributed by atoms with Gasteiger partial charge in [0.25, 0.3) is 5.91 Å². The summed E-state index contributed by atoms with van der Waals surface area (Å²) in [4.78, 5) is 16.3. The molecule has 3 rings (SSSR count). The van der Waals surface area contributed by atoms with E-state index in [0.717, 1.165) is 16.3 Å². The lowest BCUT2D eigenvalue weighted by atomic mass is 9.99. The number of nitrogens with one attached hydrogen (secondary N) is 1. The zero-order chi connectivity index (χ0) is 16.4. The van der Waals surface area contributed by atoms with Crippen LogP contribution in [0.4, 0.5) is 0 Å². The second-order valence-electron chi connectivity index (χ2n) is 5.26. The Kier molecular flexibility index (Phi) is 4.51. The Balaban J connectivity index is 1.87. The molecule has 3 nitrogen and oxygen atoms in total. The number of halogens is 2. The molecule has 1 unspecified atom stereocenters. The minimum atomic E-state index is -0.239. The molecule has 0 saturated carbocycles. The first kappa shape index (κ1) is 15.8. The zero-order valence-electron chi connectivity index (χ0n) is 12.4. The first-order valence-corrected chi connectivity index (χ1v) is 7.91. The minimum absolute atomic E-state index is 0.150. The lowest BCUT2D eigenvalue weighted by Gasteiger charge is -2.16. The highest BCUT2D eigenvalue weighted by Crippen LogP contribution is 2.25. The van der Waals surface area contributed by atoms with E-state index in [9.17, 15) is 4.79 Å². The molecule has 0 aliphatic heterocycles. The highest BCUT2D eigenvalue weighted by Gasteiger charge is 2.15. The van der Waals surface area contributed by atoms with Crippen LogP contribution in [0.1, 0.15) is 28.9 Å². The van der Waals surface area contributed by atoms with Crippen molar-refractivity contribution in [3.63, 3.8) is 0 Å². The Hall–Kier alpha value is -2.10. The molecule has 0 saturated heterocycles. The number of pyridine rings is 1. The summed E-state index contributed by atoms with van der Waals surface area (Å²) in [5.41, 5.74) is 1.44. The molecule has 0 radical (unpaired) electrons. The van der Waals surface area contributed by atoms with Gasteiger partial charge in [-0.05, 0) is 29.3 Å². The van der Waals surface area contributed by atoms with Crippen LogP contribution in [0, 0.1) is 0 Å². The van der Waals surface area contributed by atoms with Gasteiger partial charge in [0.1, 0.15) is 5.15 Å². The fraction of sp³-hybridized carbons (Fsp3) is 0.111. The molecule has 5 heteroatoms. The first-order valence-electron chi connectivity index (χ1n) is 7.16. The number of amides is 1. The number of carbonyl (C=O) groups excluding carboxylic acids is 1. The van der Waals surface area contributed by atoms with Crippen molar-refractivity contribution in [3.05, 3.63) is 76.0 Å². The van der Waals surface area contributed by atoms with Gasteiger partial charge in [-0.25, -0.2) is 4.98 Å². The molecule has 0 spiro atoms. The molecule has 1 atom stereocenters. The standard InChI is InChI=1S/C18H14Cl2N2O/c1-11(14-8-4-6-12-5-2-3-7-15(12)14)22-18(23)13-9-16(19)17(20)21-10-13/h2-11H,1H3,(H,22,23). The number of hydrogen-bond acceptors (Lipinski definition) is 2. The van der Waals surface area contributed by atoms with Crippen molar-refractivity contribution in [2.24, 2.45) is 0 Å². The number of carbonyl (C=O) groups is 1. The summed E-state index contributed by atoms with van der Waals surface area (Å²) in [6.07, 6.45) is 1.42. The van der Waals surface area contributed by atoms with E-state index in [0.29, 0.717) is 5.56 Å². The topological polar surface area (TPSA) is 42.0 Å². The van der Waals surface area contributed by atoms with Crippen LogP contribution < -0.4 is 5.32 Å². The van der Waals surface area contributed by atoms with E-state index in [4.69, 9.17) is 23.2 Å². The van der Waals surface area contributed by atoms with Gasteiger partial charge in [0.05, 0.1) is 16.6 Å². The second kappa shape index (κ2) is 6.57. The highest BCUT2D eigenvalue weighted by molar-refractivity contribution is 6.41. The van der Waals surface area contributed by atoms with Crippen molar-refractivity contribution in [2.75, 3.05) is 0 Å². The van der Waals surface area contributed by atoms with Gasteiger partial charge in [-0.1, -0.05) is 65.7 Å². The van der Waals surface area contributed by atoms with Gasteiger partial charge in [-0.2, -0.15) is 0 Å². The van der Waals surface area contributed by atoms with E-state index in [1.807, 2.05) is 37.3 Å². The van der Waals surface area contributed by atoms with E-state index >= 15 is 0 Å². The number of nitrogens with zero attached hydrogens (tertiary/aromatic N) is 1. The maximum absolute atomic E-state index is 12.4. The van der Waals surface area contributed by atoms with E-state index in [1.54, 1.807) is 0 Å². The average Bonchev–Trinajstić information content (AvgIpc) is 2.56. The third-order valence-electron chi connectivity index (χ3n) is 3.70. The van der Waals surface area contributed by atoms with Crippen LogP contribution >= 0.6 is 23.2 Å². The molecule has 0 fully saturated rings. The number of benzene rings is 2. The molecule has 3 aromatic rings. The van der Waals surface area contributed by atoms with Crippen LogP contribution in [0.5, 0.6) is 0 Å². The minimum Gasteiger partial charge on any atom is -0.345 e. The molecule has 0 aliphatic carbocycles. The summed E-state index contributed by atoms with van der Waals surface area (Å²) in [5, 5.41) is 5.68. The summed E-state index contributed by atoms with van der Waals surface area (Å²) in [7, 11) is 0. The zero-order valence-corrected chi connectivity index (χ0v) is 13.9. The summed E-state index contributed by atoms with van der Waals surface area (Å²) in [6, 6.07) is 15.5. The average molecular weight is 345 g/mol. The fourth-order valence-corrected chi connectivity index (χ4v) is 2.80. The number of fused-ring (bicyclic) bond motifs is 1. The molecular weight excluding hydrogens is 331 g/mol. The molecule has 23 heavy (non-hydrogen) atoms. The quantitative estimate of drug-likeness (QED) is 0.676. The number of aromatic nitrogens is 1. The van der Waals surface area contributed by atoms with Gasteiger partial charge in [0.2, 0.25) is 0 Å². The molecule has 0 bridgehead atoms. The summed E-state index contributed by atoms with van der Waals surface area (Å²) < 4.78 is 0. The fourth-order valence-electron chi connectivity index (χ4n) is 2.53. The Morgan fingerprint density at radius 3 is 2.65 bits per heavy atom. The lowest BCUT2D eigenvalue weighted by Crippen LogP contribution is -2.26. The molecule has 116 valence electrons. The normalized spacial score (nSPS) is 12.1. The van der Waals surface area contributed by atoms with Crippen LogP contribution in [-0.4, -0.2) is 10.9 Å². The smallest absolute Gasteiger partial charge is 0.253 e. The van der Waals surface area contributed by atoms with E-state index < -0.39 is 0 Å². The molecule has 1 aromatic heterocycles.